The molecule has 4 heteroatoms. The van der Waals surface area contributed by atoms with Crippen LogP contribution in [0.25, 0.3) is 10.1 Å². The summed E-state index contributed by atoms with van der Waals surface area (Å²) in [5.74, 6) is 0. The number of thiol groups is 1. The zero-order valence-electron chi connectivity index (χ0n) is 7.19. The first-order chi connectivity index (χ1) is 6.77. The van der Waals surface area contributed by atoms with Gasteiger partial charge in [-0.15, -0.1) is 24.0 Å². The van der Waals surface area contributed by atoms with E-state index in [2.05, 4.69) is 18.7 Å². The smallest absolute Gasteiger partial charge is 0.0998 e. The third-order valence-corrected chi connectivity index (χ3v) is 3.66. The monoisotopic (exact) mass is 221 g/mol. The van der Waals surface area contributed by atoms with Crippen LogP contribution in [-0.2, 0) is 6.61 Å². The van der Waals surface area contributed by atoms with Crippen LogP contribution in [0.5, 0.6) is 0 Å². The van der Waals surface area contributed by atoms with Crippen molar-refractivity contribution in [2.45, 2.75) is 11.5 Å². The van der Waals surface area contributed by atoms with Crippen molar-refractivity contribution in [3.8, 4) is 6.07 Å². The maximum atomic E-state index is 9.11. The van der Waals surface area contributed by atoms with Crippen LogP contribution in [0, 0.1) is 11.3 Å². The summed E-state index contributed by atoms with van der Waals surface area (Å²) in [6, 6.07) is 5.63. The molecule has 1 N–H and O–H groups in total. The van der Waals surface area contributed by atoms with Gasteiger partial charge in [-0.3, -0.25) is 0 Å². The largest absolute Gasteiger partial charge is 0.392 e. The zero-order valence-corrected chi connectivity index (χ0v) is 8.90. The number of nitriles is 1. The first-order valence-corrected chi connectivity index (χ1v) is 5.33. The fourth-order valence-corrected chi connectivity index (χ4v) is 2.84. The van der Waals surface area contributed by atoms with Crippen molar-refractivity contribution in [1.82, 2.24) is 0 Å². The predicted molar refractivity (Wildman–Crippen MR) is 59.7 cm³/mol. The lowest BCUT2D eigenvalue weighted by Crippen LogP contribution is -1.85. The van der Waals surface area contributed by atoms with Crippen molar-refractivity contribution in [3.63, 3.8) is 0 Å². The summed E-state index contributed by atoms with van der Waals surface area (Å²) in [5.41, 5.74) is 1.47. The molecule has 0 bridgehead atoms. The second kappa shape index (κ2) is 3.62. The van der Waals surface area contributed by atoms with Crippen molar-refractivity contribution >= 4 is 34.1 Å². The number of nitrogens with zero attached hydrogens (tertiary/aromatic N) is 1. The summed E-state index contributed by atoms with van der Waals surface area (Å²) in [6.07, 6.45) is 0. The van der Waals surface area contributed by atoms with E-state index in [0.717, 1.165) is 20.5 Å². The van der Waals surface area contributed by atoms with Crippen LogP contribution < -0.4 is 0 Å². The van der Waals surface area contributed by atoms with E-state index in [9.17, 15) is 0 Å². The van der Waals surface area contributed by atoms with Gasteiger partial charge in [-0.1, -0.05) is 6.07 Å². The molecule has 14 heavy (non-hydrogen) atoms. The molecular formula is C10H7NOS2. The second-order valence-corrected chi connectivity index (χ2v) is 4.23. The molecule has 0 saturated heterocycles. The molecule has 2 aromatic rings. The van der Waals surface area contributed by atoms with Gasteiger partial charge in [0.2, 0.25) is 0 Å². The number of aliphatic hydroxyl groups is 1. The first-order valence-electron chi connectivity index (χ1n) is 4.01. The molecule has 1 aromatic heterocycles. The maximum Gasteiger partial charge on any atom is 0.0998 e. The molecule has 0 saturated carbocycles. The van der Waals surface area contributed by atoms with Gasteiger partial charge in [-0.05, 0) is 11.6 Å². The number of fused-ring (bicyclic) bond motifs is 1. The van der Waals surface area contributed by atoms with Crippen molar-refractivity contribution in [3.05, 3.63) is 28.6 Å². The summed E-state index contributed by atoms with van der Waals surface area (Å²) in [6.45, 7) is -0.00403. The minimum absolute atomic E-state index is 0.00403. The molecule has 0 radical (unpaired) electrons. The fraction of sp³-hybridized carbons (Fsp3) is 0.100. The number of benzene rings is 1. The predicted octanol–water partition coefficient (Wildman–Crippen LogP) is 2.55. The molecule has 2 nitrogen and oxygen atoms in total. The first kappa shape index (κ1) is 9.53. The van der Waals surface area contributed by atoms with Gasteiger partial charge < -0.3 is 5.11 Å². The van der Waals surface area contributed by atoms with Gasteiger partial charge in [0.1, 0.15) is 0 Å². The fourth-order valence-electron chi connectivity index (χ4n) is 1.41. The highest BCUT2D eigenvalue weighted by atomic mass is 32.1. The van der Waals surface area contributed by atoms with Gasteiger partial charge in [0.25, 0.3) is 0 Å². The van der Waals surface area contributed by atoms with E-state index in [1.54, 1.807) is 12.1 Å². The Hall–Kier alpha value is -1.02. The maximum absolute atomic E-state index is 9.11. The van der Waals surface area contributed by atoms with Crippen LogP contribution in [0.15, 0.2) is 22.4 Å². The van der Waals surface area contributed by atoms with Crippen LogP contribution >= 0.6 is 24.0 Å². The molecule has 0 aliphatic rings. The van der Waals surface area contributed by atoms with Crippen molar-refractivity contribution < 1.29 is 5.11 Å². The van der Waals surface area contributed by atoms with Crippen molar-refractivity contribution in [2.75, 3.05) is 0 Å². The molecule has 0 atom stereocenters. The van der Waals surface area contributed by atoms with Crippen molar-refractivity contribution in [2.24, 2.45) is 0 Å². The molecule has 0 unspecified atom stereocenters. The Balaban J connectivity index is 2.89. The van der Waals surface area contributed by atoms with Gasteiger partial charge in [-0.2, -0.15) is 5.26 Å². The summed E-state index contributed by atoms with van der Waals surface area (Å²) >= 11 is 5.80. The number of hydrogen-bond acceptors (Lipinski definition) is 4. The van der Waals surface area contributed by atoms with Crippen LogP contribution in [0.2, 0.25) is 0 Å². The summed E-state index contributed by atoms with van der Waals surface area (Å²) in [7, 11) is 0. The van der Waals surface area contributed by atoms with E-state index in [0.29, 0.717) is 5.56 Å². The average Bonchev–Trinajstić information content (AvgIpc) is 2.60. The van der Waals surface area contributed by atoms with Gasteiger partial charge in [0.15, 0.2) is 0 Å². The Morgan fingerprint density at radius 1 is 1.50 bits per heavy atom. The van der Waals surface area contributed by atoms with Crippen LogP contribution in [0.4, 0.5) is 0 Å². The molecule has 1 heterocycles. The Labute approximate surface area is 90.8 Å². The molecule has 0 fully saturated rings. The summed E-state index contributed by atoms with van der Waals surface area (Å²) in [4.78, 5) is 0.803. The van der Waals surface area contributed by atoms with E-state index in [-0.39, 0.29) is 6.61 Å². The average molecular weight is 221 g/mol. The lowest BCUT2D eigenvalue weighted by Gasteiger charge is -2.00. The van der Waals surface area contributed by atoms with E-state index in [1.165, 1.54) is 11.3 Å². The number of thiophene rings is 1. The van der Waals surface area contributed by atoms with Gasteiger partial charge in [0, 0.05) is 20.4 Å². The lowest BCUT2D eigenvalue weighted by atomic mass is 10.1. The van der Waals surface area contributed by atoms with Gasteiger partial charge in [0.05, 0.1) is 18.2 Å². The Morgan fingerprint density at radius 2 is 2.29 bits per heavy atom. The highest BCUT2D eigenvalue weighted by Gasteiger charge is 2.09. The van der Waals surface area contributed by atoms with Crippen molar-refractivity contribution in [1.29, 1.82) is 5.26 Å². The SMILES string of the molecule is N#Cc1ccc(CO)c2scc(S)c12. The molecular weight excluding hydrogens is 214 g/mol. The number of rotatable bonds is 1. The Kier molecular flexibility index (Phi) is 2.46. The van der Waals surface area contributed by atoms with Gasteiger partial charge in [-0.25, -0.2) is 0 Å². The van der Waals surface area contributed by atoms with E-state index < -0.39 is 0 Å². The molecule has 0 amide bonds. The molecule has 1 aromatic carbocycles. The zero-order chi connectivity index (χ0) is 10.1. The quantitative estimate of drug-likeness (QED) is 0.727. The van der Waals surface area contributed by atoms with Gasteiger partial charge >= 0.3 is 0 Å². The second-order valence-electron chi connectivity index (χ2n) is 2.87. The number of hydrogen-bond donors (Lipinski definition) is 2. The van der Waals surface area contributed by atoms with E-state index in [4.69, 9.17) is 10.4 Å². The summed E-state index contributed by atoms with van der Waals surface area (Å²) < 4.78 is 0.955. The standard InChI is InChI=1S/C10H7NOS2/c11-3-6-1-2-7(4-12)10-9(6)8(13)5-14-10/h1-2,5,12-13H,4H2. The molecule has 70 valence electrons. The third kappa shape index (κ3) is 1.30. The molecule has 2 rings (SSSR count). The van der Waals surface area contributed by atoms with Crippen LogP contribution in [-0.4, -0.2) is 5.11 Å². The normalized spacial score (nSPS) is 10.4. The molecule has 0 aliphatic carbocycles. The number of aliphatic hydroxyl groups excluding tert-OH is 1. The molecule has 0 spiro atoms. The highest BCUT2D eigenvalue weighted by molar-refractivity contribution is 7.80. The van der Waals surface area contributed by atoms with E-state index in [1.807, 2.05) is 5.38 Å². The lowest BCUT2D eigenvalue weighted by molar-refractivity contribution is 0.283. The Bertz CT molecular complexity index is 525. The molecule has 0 aliphatic heterocycles. The third-order valence-electron chi connectivity index (χ3n) is 2.07. The van der Waals surface area contributed by atoms with E-state index >= 15 is 0 Å². The summed E-state index contributed by atoms with van der Waals surface area (Å²) in [5, 5.41) is 20.7. The minimum atomic E-state index is -0.00403. The topological polar surface area (TPSA) is 44.0 Å². The highest BCUT2D eigenvalue weighted by Crippen LogP contribution is 2.33. The van der Waals surface area contributed by atoms with Crippen LogP contribution in [0.1, 0.15) is 11.1 Å². The van der Waals surface area contributed by atoms with Crippen LogP contribution in [0.3, 0.4) is 0 Å². The minimum Gasteiger partial charge on any atom is -0.392 e. The Morgan fingerprint density at radius 3 is 2.93 bits per heavy atom.